The van der Waals surface area contributed by atoms with Crippen LogP contribution in [-0.2, 0) is 4.79 Å². The number of anilines is 1. The first kappa shape index (κ1) is 13.2. The monoisotopic (exact) mass is 241 g/mol. The van der Waals surface area contributed by atoms with Crippen LogP contribution in [0.3, 0.4) is 0 Å². The van der Waals surface area contributed by atoms with E-state index in [9.17, 15) is 13.6 Å². The van der Waals surface area contributed by atoms with Gasteiger partial charge in [0.15, 0.2) is 0 Å². The van der Waals surface area contributed by atoms with Crippen molar-refractivity contribution < 1.29 is 18.7 Å². The molecule has 2 N–H and O–H groups in total. The maximum Gasteiger partial charge on any atom is 0.331 e. The second kappa shape index (κ2) is 5.98. The highest BCUT2D eigenvalue weighted by Gasteiger charge is 2.03. The quantitative estimate of drug-likeness (QED) is 0.779. The predicted molar refractivity (Wildman–Crippen MR) is 60.9 cm³/mol. The summed E-state index contributed by atoms with van der Waals surface area (Å²) in [6.07, 6.45) is 1.87. The number of benzene rings is 1. The van der Waals surface area contributed by atoms with Crippen molar-refractivity contribution in [2.45, 2.75) is 13.3 Å². The van der Waals surface area contributed by atoms with Crippen LogP contribution in [0, 0.1) is 11.6 Å². The van der Waals surface area contributed by atoms with Crippen molar-refractivity contribution in [2.75, 3.05) is 11.9 Å². The molecule has 3 nitrogen and oxygen atoms in total. The fourth-order valence-electron chi connectivity index (χ4n) is 1.33. The minimum absolute atomic E-state index is 0.207. The molecule has 0 atom stereocenters. The molecule has 0 saturated heterocycles. The molecule has 1 rings (SSSR count). The third kappa shape index (κ3) is 4.22. The number of hydrogen-bond acceptors (Lipinski definition) is 2. The van der Waals surface area contributed by atoms with Gasteiger partial charge in [-0.3, -0.25) is 0 Å². The molecular weight excluding hydrogens is 228 g/mol. The summed E-state index contributed by atoms with van der Waals surface area (Å²) in [5.74, 6) is -2.34. The molecule has 0 spiro atoms. The Bertz CT molecular complexity index is 424. The molecule has 0 aliphatic heterocycles. The van der Waals surface area contributed by atoms with Gasteiger partial charge in [-0.2, -0.15) is 0 Å². The van der Waals surface area contributed by atoms with Crippen LogP contribution in [0.5, 0.6) is 0 Å². The van der Waals surface area contributed by atoms with E-state index >= 15 is 0 Å². The van der Waals surface area contributed by atoms with E-state index in [2.05, 4.69) is 5.32 Å². The number of carboxylic acid groups (broad SMARTS) is 1. The number of rotatable bonds is 5. The van der Waals surface area contributed by atoms with E-state index in [4.69, 9.17) is 5.11 Å². The zero-order valence-corrected chi connectivity index (χ0v) is 9.34. The summed E-state index contributed by atoms with van der Waals surface area (Å²) in [5, 5.41) is 11.5. The Morgan fingerprint density at radius 3 is 2.41 bits per heavy atom. The van der Waals surface area contributed by atoms with Crippen molar-refractivity contribution in [1.82, 2.24) is 0 Å². The fourth-order valence-corrected chi connectivity index (χ4v) is 1.33. The van der Waals surface area contributed by atoms with Gasteiger partial charge in [-0.1, -0.05) is 13.0 Å². The van der Waals surface area contributed by atoms with Gasteiger partial charge in [-0.05, 0) is 18.6 Å². The van der Waals surface area contributed by atoms with Crippen molar-refractivity contribution >= 4 is 11.7 Å². The topological polar surface area (TPSA) is 49.3 Å². The zero-order chi connectivity index (χ0) is 12.8. The zero-order valence-electron chi connectivity index (χ0n) is 9.34. The predicted octanol–water partition coefficient (Wildman–Crippen LogP) is 2.80. The molecule has 1 aromatic carbocycles. The Balaban J connectivity index is 2.64. The molecule has 1 aromatic rings. The molecular formula is C12H13F2NO2. The molecule has 5 heteroatoms. The highest BCUT2D eigenvalue weighted by molar-refractivity contribution is 5.86. The Morgan fingerprint density at radius 1 is 1.35 bits per heavy atom. The summed E-state index contributed by atoms with van der Waals surface area (Å²) >= 11 is 0. The van der Waals surface area contributed by atoms with E-state index in [-0.39, 0.29) is 17.8 Å². The lowest BCUT2D eigenvalue weighted by Gasteiger charge is -2.04. The Kier molecular flexibility index (Phi) is 4.63. The lowest BCUT2D eigenvalue weighted by atomic mass is 10.2. The molecule has 0 aromatic heterocycles. The molecule has 17 heavy (non-hydrogen) atoms. The van der Waals surface area contributed by atoms with Gasteiger partial charge < -0.3 is 10.4 Å². The number of halogens is 2. The average molecular weight is 241 g/mol. The molecule has 92 valence electrons. The SMILES string of the molecule is CC/C(=C/CNc1cc(F)cc(F)c1)C(=O)O. The van der Waals surface area contributed by atoms with Crippen molar-refractivity contribution in [3.8, 4) is 0 Å². The van der Waals surface area contributed by atoms with Crippen LogP contribution < -0.4 is 5.32 Å². The van der Waals surface area contributed by atoms with E-state index < -0.39 is 17.6 Å². The third-order valence-corrected chi connectivity index (χ3v) is 2.17. The van der Waals surface area contributed by atoms with Crippen molar-refractivity contribution in [2.24, 2.45) is 0 Å². The van der Waals surface area contributed by atoms with E-state index in [0.29, 0.717) is 6.42 Å². The number of aliphatic carboxylic acids is 1. The second-order valence-electron chi connectivity index (χ2n) is 3.43. The molecule has 0 heterocycles. The van der Waals surface area contributed by atoms with Gasteiger partial charge in [-0.15, -0.1) is 0 Å². The second-order valence-corrected chi connectivity index (χ2v) is 3.43. The molecule has 0 aliphatic carbocycles. The molecule has 0 fully saturated rings. The van der Waals surface area contributed by atoms with Crippen LogP contribution in [0.25, 0.3) is 0 Å². The average Bonchev–Trinajstić information content (AvgIpc) is 2.22. The van der Waals surface area contributed by atoms with Gasteiger partial charge in [0, 0.05) is 23.9 Å². The molecule has 0 amide bonds. The molecule has 0 radical (unpaired) electrons. The van der Waals surface area contributed by atoms with Crippen LogP contribution in [0.15, 0.2) is 29.8 Å². The van der Waals surface area contributed by atoms with Crippen LogP contribution in [0.4, 0.5) is 14.5 Å². The normalized spacial score (nSPS) is 11.4. The smallest absolute Gasteiger partial charge is 0.331 e. The lowest BCUT2D eigenvalue weighted by Crippen LogP contribution is -2.05. The minimum Gasteiger partial charge on any atom is -0.478 e. The van der Waals surface area contributed by atoms with E-state index in [1.807, 2.05) is 0 Å². The van der Waals surface area contributed by atoms with E-state index in [0.717, 1.165) is 18.2 Å². The van der Waals surface area contributed by atoms with Crippen LogP contribution in [0.2, 0.25) is 0 Å². The molecule has 0 unspecified atom stereocenters. The first-order chi connectivity index (χ1) is 8.02. The van der Waals surface area contributed by atoms with Crippen LogP contribution in [-0.4, -0.2) is 17.6 Å². The van der Waals surface area contributed by atoms with Crippen molar-refractivity contribution in [3.63, 3.8) is 0 Å². The summed E-state index contributed by atoms with van der Waals surface area (Å²) in [6, 6.07) is 3.06. The molecule has 0 aliphatic rings. The van der Waals surface area contributed by atoms with Gasteiger partial charge >= 0.3 is 5.97 Å². The van der Waals surface area contributed by atoms with Crippen molar-refractivity contribution in [1.29, 1.82) is 0 Å². The first-order valence-electron chi connectivity index (χ1n) is 5.15. The summed E-state index contributed by atoms with van der Waals surface area (Å²) in [5.41, 5.74) is 0.536. The van der Waals surface area contributed by atoms with Gasteiger partial charge in [-0.25, -0.2) is 13.6 Å². The van der Waals surface area contributed by atoms with Crippen molar-refractivity contribution in [3.05, 3.63) is 41.5 Å². The van der Waals surface area contributed by atoms with Crippen LogP contribution >= 0.6 is 0 Å². The Labute approximate surface area is 97.8 Å². The largest absolute Gasteiger partial charge is 0.478 e. The summed E-state index contributed by atoms with van der Waals surface area (Å²) in [7, 11) is 0. The standard InChI is InChI=1S/C12H13F2NO2/c1-2-8(12(16)17)3-4-15-11-6-9(13)5-10(14)7-11/h3,5-7,15H,2,4H2,1H3,(H,16,17)/b8-3-. The summed E-state index contributed by atoms with van der Waals surface area (Å²) < 4.78 is 25.6. The van der Waals surface area contributed by atoms with Gasteiger partial charge in [0.1, 0.15) is 11.6 Å². The fraction of sp³-hybridized carbons (Fsp3) is 0.250. The van der Waals surface area contributed by atoms with E-state index in [1.165, 1.54) is 6.08 Å². The van der Waals surface area contributed by atoms with Gasteiger partial charge in [0.05, 0.1) is 0 Å². The number of hydrogen-bond donors (Lipinski definition) is 2. The maximum atomic E-state index is 12.8. The lowest BCUT2D eigenvalue weighted by molar-refractivity contribution is -0.132. The molecule has 0 bridgehead atoms. The van der Waals surface area contributed by atoms with Gasteiger partial charge in [0.2, 0.25) is 0 Å². The highest BCUT2D eigenvalue weighted by Crippen LogP contribution is 2.12. The van der Waals surface area contributed by atoms with Gasteiger partial charge in [0.25, 0.3) is 0 Å². The first-order valence-corrected chi connectivity index (χ1v) is 5.15. The summed E-state index contributed by atoms with van der Waals surface area (Å²) in [6.45, 7) is 1.93. The summed E-state index contributed by atoms with van der Waals surface area (Å²) in [4.78, 5) is 10.7. The number of carboxylic acids is 1. The Morgan fingerprint density at radius 2 is 1.94 bits per heavy atom. The van der Waals surface area contributed by atoms with Crippen LogP contribution in [0.1, 0.15) is 13.3 Å². The minimum atomic E-state index is -0.986. The van der Waals surface area contributed by atoms with E-state index in [1.54, 1.807) is 6.92 Å². The third-order valence-electron chi connectivity index (χ3n) is 2.17. The highest BCUT2D eigenvalue weighted by atomic mass is 19.1. The number of nitrogens with one attached hydrogen (secondary N) is 1. The Hall–Kier alpha value is -1.91. The maximum absolute atomic E-state index is 12.8. The molecule has 0 saturated carbocycles. The number of carbonyl (C=O) groups is 1.